The molecule has 1 heterocycles. The largest absolute Gasteiger partial charge is 0.487 e. The summed E-state index contributed by atoms with van der Waals surface area (Å²) in [5.74, 6) is 0.892. The summed E-state index contributed by atoms with van der Waals surface area (Å²) in [6.45, 7) is 5.76. The van der Waals surface area contributed by atoms with Gasteiger partial charge in [-0.05, 0) is 31.2 Å². The molecule has 0 aliphatic rings. The van der Waals surface area contributed by atoms with E-state index in [1.165, 1.54) is 5.56 Å². The van der Waals surface area contributed by atoms with Crippen LogP contribution in [0.1, 0.15) is 31.1 Å². The number of aryl methyl sites for hydroxylation is 1. The molecule has 4 nitrogen and oxygen atoms in total. The van der Waals surface area contributed by atoms with Crippen LogP contribution in [0.25, 0.3) is 0 Å². The molecule has 0 bridgehead atoms. The molecule has 1 atom stereocenters. The van der Waals surface area contributed by atoms with E-state index in [1.807, 2.05) is 29.9 Å². The van der Waals surface area contributed by atoms with E-state index in [2.05, 4.69) is 36.3 Å². The first-order chi connectivity index (χ1) is 9.20. The molecule has 1 aromatic heterocycles. The molecule has 0 saturated carbocycles. The van der Waals surface area contributed by atoms with Gasteiger partial charge in [0.2, 0.25) is 0 Å². The molecule has 0 radical (unpaired) electrons. The number of nitrogens with zero attached hydrogens (tertiary/aromatic N) is 2. The van der Waals surface area contributed by atoms with Gasteiger partial charge in [-0.2, -0.15) is 0 Å². The molecular formula is C15H21N3O. The third-order valence-electron chi connectivity index (χ3n) is 3.17. The Balaban J connectivity index is 2.01. The Kier molecular flexibility index (Phi) is 4.58. The summed E-state index contributed by atoms with van der Waals surface area (Å²) >= 11 is 0. The zero-order valence-corrected chi connectivity index (χ0v) is 11.8. The lowest BCUT2D eigenvalue weighted by Gasteiger charge is -2.14. The first-order valence-corrected chi connectivity index (χ1v) is 6.62. The predicted octanol–water partition coefficient (Wildman–Crippen LogP) is 2.67. The third-order valence-corrected chi connectivity index (χ3v) is 3.17. The van der Waals surface area contributed by atoms with E-state index in [-0.39, 0.29) is 0 Å². The van der Waals surface area contributed by atoms with E-state index in [9.17, 15) is 0 Å². The van der Waals surface area contributed by atoms with E-state index < -0.39 is 0 Å². The number of ether oxygens (including phenoxy) is 1. The van der Waals surface area contributed by atoms with Gasteiger partial charge in [-0.15, -0.1) is 0 Å². The van der Waals surface area contributed by atoms with Crippen molar-refractivity contribution in [3.63, 3.8) is 0 Å². The highest BCUT2D eigenvalue weighted by Gasteiger charge is 2.05. The third kappa shape index (κ3) is 3.58. The average molecular weight is 259 g/mol. The fraction of sp³-hybridized carbons (Fsp3) is 0.400. The van der Waals surface area contributed by atoms with Crippen LogP contribution in [0.15, 0.2) is 36.8 Å². The van der Waals surface area contributed by atoms with Gasteiger partial charge in [0.15, 0.2) is 0 Å². The topological polar surface area (TPSA) is 39.1 Å². The normalized spacial score (nSPS) is 12.4. The van der Waals surface area contributed by atoms with Crippen molar-refractivity contribution in [1.82, 2.24) is 14.9 Å². The molecule has 0 spiro atoms. The Labute approximate surface area is 114 Å². The molecule has 102 valence electrons. The first kappa shape index (κ1) is 13.6. The Hall–Kier alpha value is -1.81. The molecule has 0 aliphatic carbocycles. The maximum absolute atomic E-state index is 5.81. The number of hydrogen-bond donors (Lipinski definition) is 1. The van der Waals surface area contributed by atoms with Gasteiger partial charge in [-0.3, -0.25) is 0 Å². The Morgan fingerprint density at radius 1 is 1.42 bits per heavy atom. The summed E-state index contributed by atoms with van der Waals surface area (Å²) in [6, 6.07) is 8.55. The Morgan fingerprint density at radius 3 is 2.95 bits per heavy atom. The van der Waals surface area contributed by atoms with Crippen molar-refractivity contribution in [2.75, 3.05) is 6.54 Å². The summed E-state index contributed by atoms with van der Waals surface area (Å²) in [6.07, 6.45) is 3.60. The van der Waals surface area contributed by atoms with Gasteiger partial charge in [-0.25, -0.2) is 4.98 Å². The lowest BCUT2D eigenvalue weighted by Crippen LogP contribution is -2.17. The minimum absolute atomic E-state index is 0.338. The van der Waals surface area contributed by atoms with Crippen LogP contribution in [0, 0.1) is 0 Å². The molecule has 0 aliphatic heterocycles. The van der Waals surface area contributed by atoms with Crippen LogP contribution in [0.4, 0.5) is 0 Å². The maximum Gasteiger partial charge on any atom is 0.130 e. The summed E-state index contributed by atoms with van der Waals surface area (Å²) in [5, 5.41) is 3.40. The van der Waals surface area contributed by atoms with Crippen molar-refractivity contribution >= 4 is 0 Å². The standard InChI is InChI=1S/C15H21N3O/c1-4-17-12(2)13-6-5-7-15(8-13)19-10-14-9-16-11-18(14)3/h5-9,11-12,17H,4,10H2,1-3H3. The van der Waals surface area contributed by atoms with E-state index in [4.69, 9.17) is 4.74 Å². The molecule has 0 saturated heterocycles. The maximum atomic E-state index is 5.81. The van der Waals surface area contributed by atoms with E-state index in [1.54, 1.807) is 6.33 Å². The Bertz CT molecular complexity index is 522. The molecule has 0 amide bonds. The van der Waals surface area contributed by atoms with Crippen molar-refractivity contribution in [3.8, 4) is 5.75 Å². The van der Waals surface area contributed by atoms with Crippen molar-refractivity contribution in [3.05, 3.63) is 48.0 Å². The summed E-state index contributed by atoms with van der Waals surface area (Å²) in [4.78, 5) is 4.08. The second-order valence-electron chi connectivity index (χ2n) is 4.64. The zero-order valence-electron chi connectivity index (χ0n) is 11.8. The van der Waals surface area contributed by atoms with Gasteiger partial charge in [0.05, 0.1) is 18.2 Å². The van der Waals surface area contributed by atoms with Gasteiger partial charge < -0.3 is 14.6 Å². The van der Waals surface area contributed by atoms with Crippen molar-refractivity contribution in [2.24, 2.45) is 7.05 Å². The minimum Gasteiger partial charge on any atom is -0.487 e. The number of nitrogens with one attached hydrogen (secondary N) is 1. The van der Waals surface area contributed by atoms with E-state index in [0.29, 0.717) is 12.6 Å². The van der Waals surface area contributed by atoms with Crippen LogP contribution >= 0.6 is 0 Å². The van der Waals surface area contributed by atoms with Gasteiger partial charge in [0, 0.05) is 13.1 Å². The van der Waals surface area contributed by atoms with Crippen molar-refractivity contribution < 1.29 is 4.74 Å². The van der Waals surface area contributed by atoms with Crippen molar-refractivity contribution in [2.45, 2.75) is 26.5 Å². The molecule has 2 rings (SSSR count). The molecular weight excluding hydrogens is 238 g/mol. The van der Waals surface area contributed by atoms with Gasteiger partial charge in [0.25, 0.3) is 0 Å². The van der Waals surface area contributed by atoms with Gasteiger partial charge in [0.1, 0.15) is 12.4 Å². The number of imidazole rings is 1. The monoisotopic (exact) mass is 259 g/mol. The highest BCUT2D eigenvalue weighted by atomic mass is 16.5. The van der Waals surface area contributed by atoms with Crippen LogP contribution in [-0.4, -0.2) is 16.1 Å². The fourth-order valence-electron chi connectivity index (χ4n) is 1.98. The second-order valence-corrected chi connectivity index (χ2v) is 4.64. The highest BCUT2D eigenvalue weighted by molar-refractivity contribution is 5.30. The van der Waals surface area contributed by atoms with Gasteiger partial charge in [-0.1, -0.05) is 19.1 Å². The molecule has 4 heteroatoms. The lowest BCUT2D eigenvalue weighted by atomic mass is 10.1. The van der Waals surface area contributed by atoms with Crippen LogP contribution in [0.2, 0.25) is 0 Å². The fourth-order valence-corrected chi connectivity index (χ4v) is 1.98. The number of aromatic nitrogens is 2. The second kappa shape index (κ2) is 6.38. The first-order valence-electron chi connectivity index (χ1n) is 6.62. The SMILES string of the molecule is CCNC(C)c1cccc(OCc2cncn2C)c1. The van der Waals surface area contributed by atoms with Crippen LogP contribution in [-0.2, 0) is 13.7 Å². The summed E-state index contributed by atoms with van der Waals surface area (Å²) in [5.41, 5.74) is 2.30. The zero-order chi connectivity index (χ0) is 13.7. The molecule has 19 heavy (non-hydrogen) atoms. The number of benzene rings is 1. The molecule has 0 fully saturated rings. The quantitative estimate of drug-likeness (QED) is 0.867. The molecule has 1 N–H and O–H groups in total. The smallest absolute Gasteiger partial charge is 0.130 e. The van der Waals surface area contributed by atoms with Crippen LogP contribution in [0.5, 0.6) is 5.75 Å². The summed E-state index contributed by atoms with van der Waals surface area (Å²) in [7, 11) is 1.97. The number of rotatable bonds is 6. The van der Waals surface area contributed by atoms with E-state index >= 15 is 0 Å². The molecule has 1 aromatic carbocycles. The predicted molar refractivity (Wildman–Crippen MR) is 76.1 cm³/mol. The van der Waals surface area contributed by atoms with E-state index in [0.717, 1.165) is 18.0 Å². The Morgan fingerprint density at radius 2 is 2.26 bits per heavy atom. The molecule has 1 unspecified atom stereocenters. The lowest BCUT2D eigenvalue weighted by molar-refractivity contribution is 0.296. The number of hydrogen-bond acceptors (Lipinski definition) is 3. The highest BCUT2D eigenvalue weighted by Crippen LogP contribution is 2.19. The van der Waals surface area contributed by atoms with Crippen LogP contribution in [0.3, 0.4) is 0 Å². The average Bonchev–Trinajstić information content (AvgIpc) is 2.82. The van der Waals surface area contributed by atoms with Crippen molar-refractivity contribution in [1.29, 1.82) is 0 Å². The van der Waals surface area contributed by atoms with Gasteiger partial charge >= 0.3 is 0 Å². The molecule has 2 aromatic rings. The minimum atomic E-state index is 0.338. The summed E-state index contributed by atoms with van der Waals surface area (Å²) < 4.78 is 7.77. The van der Waals surface area contributed by atoms with Crippen LogP contribution < -0.4 is 10.1 Å².